The molecule has 2 nitrogen and oxygen atoms in total. The van der Waals surface area contributed by atoms with Crippen LogP contribution in [-0.4, -0.2) is 25.7 Å². The zero-order valence-corrected chi connectivity index (χ0v) is 10.8. The van der Waals surface area contributed by atoms with Crippen molar-refractivity contribution < 1.29 is 4.39 Å². The van der Waals surface area contributed by atoms with E-state index in [0.717, 1.165) is 25.2 Å². The fourth-order valence-electron chi connectivity index (χ4n) is 2.56. The van der Waals surface area contributed by atoms with E-state index in [4.69, 9.17) is 0 Å². The average molecular weight is 236 g/mol. The van der Waals surface area contributed by atoms with Crippen LogP contribution in [0.5, 0.6) is 0 Å². The quantitative estimate of drug-likeness (QED) is 0.849. The molecule has 0 aromatic heterocycles. The van der Waals surface area contributed by atoms with Crippen molar-refractivity contribution in [3.05, 3.63) is 29.6 Å². The molecule has 1 aliphatic rings. The van der Waals surface area contributed by atoms with Gasteiger partial charge in [0.05, 0.1) is 0 Å². The maximum absolute atomic E-state index is 13.1. The molecule has 1 aromatic rings. The summed E-state index contributed by atoms with van der Waals surface area (Å²) in [5, 5.41) is 3.43. The van der Waals surface area contributed by atoms with Gasteiger partial charge in [0.15, 0.2) is 0 Å². The molecule has 0 bridgehead atoms. The molecule has 3 heteroatoms. The molecule has 2 rings (SSSR count). The van der Waals surface area contributed by atoms with Crippen LogP contribution < -0.4 is 10.2 Å². The highest BCUT2D eigenvalue weighted by atomic mass is 19.1. The number of nitrogens with one attached hydrogen (secondary N) is 1. The molecule has 94 valence electrons. The maximum atomic E-state index is 13.1. The van der Waals surface area contributed by atoms with Crippen molar-refractivity contribution in [1.29, 1.82) is 0 Å². The van der Waals surface area contributed by atoms with E-state index in [1.165, 1.54) is 5.69 Å². The Morgan fingerprint density at radius 3 is 2.82 bits per heavy atom. The summed E-state index contributed by atoms with van der Waals surface area (Å²) >= 11 is 0. The molecule has 1 fully saturated rings. The van der Waals surface area contributed by atoms with Gasteiger partial charge in [-0.25, -0.2) is 4.39 Å². The van der Waals surface area contributed by atoms with Gasteiger partial charge in [-0.15, -0.1) is 0 Å². The Bertz CT molecular complexity index is 390. The number of hydrogen-bond donors (Lipinski definition) is 1. The Morgan fingerprint density at radius 1 is 1.41 bits per heavy atom. The van der Waals surface area contributed by atoms with Crippen LogP contribution in [0.2, 0.25) is 0 Å². The largest absolute Gasteiger partial charge is 0.366 e. The van der Waals surface area contributed by atoms with E-state index < -0.39 is 0 Å². The molecule has 0 radical (unpaired) electrons. The molecule has 0 spiro atoms. The fraction of sp³-hybridized carbons (Fsp3) is 0.571. The minimum atomic E-state index is -0.150. The second-order valence-corrected chi connectivity index (χ2v) is 5.14. The summed E-state index contributed by atoms with van der Waals surface area (Å²) in [6.45, 7) is 9.47. The van der Waals surface area contributed by atoms with Crippen molar-refractivity contribution in [1.82, 2.24) is 5.32 Å². The molecule has 0 saturated carbocycles. The Labute approximate surface area is 103 Å². The number of rotatable bonds is 2. The van der Waals surface area contributed by atoms with E-state index in [9.17, 15) is 4.39 Å². The summed E-state index contributed by atoms with van der Waals surface area (Å²) in [5.74, 6) is 0.440. The van der Waals surface area contributed by atoms with Crippen molar-refractivity contribution in [3.63, 3.8) is 0 Å². The summed E-state index contributed by atoms with van der Waals surface area (Å²) in [6, 6.07) is 5.58. The van der Waals surface area contributed by atoms with Crippen molar-refractivity contribution >= 4 is 5.69 Å². The average Bonchev–Trinajstić information content (AvgIpc) is 2.29. The number of halogens is 1. The minimum Gasteiger partial charge on any atom is -0.366 e. The normalized spacial score (nSPS) is 21.0. The van der Waals surface area contributed by atoms with Crippen LogP contribution in [0.4, 0.5) is 10.1 Å². The van der Waals surface area contributed by atoms with Gasteiger partial charge in [-0.05, 0) is 36.6 Å². The molecule has 1 heterocycles. The van der Waals surface area contributed by atoms with Crippen molar-refractivity contribution in [2.75, 3.05) is 24.5 Å². The first-order valence-electron chi connectivity index (χ1n) is 6.33. The molecular weight excluding hydrogens is 215 g/mol. The molecule has 1 N–H and O–H groups in total. The smallest absolute Gasteiger partial charge is 0.123 e. The Hall–Kier alpha value is -1.09. The molecule has 17 heavy (non-hydrogen) atoms. The molecule has 1 aliphatic heterocycles. The maximum Gasteiger partial charge on any atom is 0.123 e. The van der Waals surface area contributed by atoms with E-state index in [0.29, 0.717) is 12.0 Å². The van der Waals surface area contributed by atoms with Crippen LogP contribution in [0.1, 0.15) is 19.4 Å². The van der Waals surface area contributed by atoms with Gasteiger partial charge in [0.1, 0.15) is 5.82 Å². The van der Waals surface area contributed by atoms with Crippen LogP contribution in [-0.2, 0) is 0 Å². The lowest BCUT2D eigenvalue weighted by molar-refractivity contribution is 0.390. The van der Waals surface area contributed by atoms with Crippen LogP contribution in [0.3, 0.4) is 0 Å². The zero-order chi connectivity index (χ0) is 12.4. The van der Waals surface area contributed by atoms with E-state index in [-0.39, 0.29) is 5.82 Å². The number of aryl methyl sites for hydroxylation is 1. The van der Waals surface area contributed by atoms with Crippen molar-refractivity contribution in [2.45, 2.75) is 26.8 Å². The minimum absolute atomic E-state index is 0.150. The lowest BCUT2D eigenvalue weighted by atomic mass is 9.99. The molecule has 1 atom stereocenters. The van der Waals surface area contributed by atoms with E-state index in [1.54, 1.807) is 12.1 Å². The molecule has 1 aromatic carbocycles. The topological polar surface area (TPSA) is 15.3 Å². The predicted molar refractivity (Wildman–Crippen MR) is 70.0 cm³/mol. The third-order valence-corrected chi connectivity index (χ3v) is 3.52. The highest BCUT2D eigenvalue weighted by Gasteiger charge is 2.25. The number of hydrogen-bond acceptors (Lipinski definition) is 2. The Morgan fingerprint density at radius 2 is 2.18 bits per heavy atom. The number of nitrogens with zero attached hydrogens (tertiary/aromatic N) is 1. The van der Waals surface area contributed by atoms with Crippen LogP contribution in [0.25, 0.3) is 0 Å². The van der Waals surface area contributed by atoms with Crippen molar-refractivity contribution in [3.8, 4) is 0 Å². The highest BCUT2D eigenvalue weighted by Crippen LogP contribution is 2.26. The standard InChI is InChI=1S/C14H21FN2/c1-10(2)14-9-16-6-7-17(14)13-5-4-12(15)8-11(13)3/h4-5,8,10,14,16H,6-7,9H2,1-3H3. The lowest BCUT2D eigenvalue weighted by Crippen LogP contribution is -2.54. The molecule has 1 unspecified atom stereocenters. The van der Waals surface area contributed by atoms with Gasteiger partial charge < -0.3 is 10.2 Å². The van der Waals surface area contributed by atoms with Gasteiger partial charge >= 0.3 is 0 Å². The Balaban J connectivity index is 2.29. The molecular formula is C14H21FN2. The predicted octanol–water partition coefficient (Wildman–Crippen LogP) is 2.57. The summed E-state index contributed by atoms with van der Waals surface area (Å²) in [5.41, 5.74) is 2.20. The van der Waals surface area contributed by atoms with Gasteiger partial charge in [-0.3, -0.25) is 0 Å². The van der Waals surface area contributed by atoms with Gasteiger partial charge in [-0.1, -0.05) is 13.8 Å². The van der Waals surface area contributed by atoms with Gasteiger partial charge in [0, 0.05) is 31.4 Å². The van der Waals surface area contributed by atoms with Gasteiger partial charge in [0.25, 0.3) is 0 Å². The van der Waals surface area contributed by atoms with Crippen LogP contribution in [0, 0.1) is 18.7 Å². The summed E-state index contributed by atoms with van der Waals surface area (Å²) in [7, 11) is 0. The van der Waals surface area contributed by atoms with Crippen LogP contribution >= 0.6 is 0 Å². The lowest BCUT2D eigenvalue weighted by Gasteiger charge is -2.41. The van der Waals surface area contributed by atoms with E-state index in [1.807, 2.05) is 13.0 Å². The van der Waals surface area contributed by atoms with Gasteiger partial charge in [0.2, 0.25) is 0 Å². The van der Waals surface area contributed by atoms with E-state index in [2.05, 4.69) is 24.1 Å². The van der Waals surface area contributed by atoms with Crippen molar-refractivity contribution in [2.24, 2.45) is 5.92 Å². The number of anilines is 1. The fourth-order valence-corrected chi connectivity index (χ4v) is 2.56. The second-order valence-electron chi connectivity index (χ2n) is 5.14. The second kappa shape index (κ2) is 5.05. The first kappa shape index (κ1) is 12.4. The van der Waals surface area contributed by atoms with Crippen LogP contribution in [0.15, 0.2) is 18.2 Å². The third-order valence-electron chi connectivity index (χ3n) is 3.52. The summed E-state index contributed by atoms with van der Waals surface area (Å²) < 4.78 is 13.1. The summed E-state index contributed by atoms with van der Waals surface area (Å²) in [6.07, 6.45) is 0. The van der Waals surface area contributed by atoms with Gasteiger partial charge in [-0.2, -0.15) is 0 Å². The Kier molecular flexibility index (Phi) is 3.67. The zero-order valence-electron chi connectivity index (χ0n) is 10.8. The highest BCUT2D eigenvalue weighted by molar-refractivity contribution is 5.54. The first-order chi connectivity index (χ1) is 8.09. The monoisotopic (exact) mass is 236 g/mol. The molecule has 0 aliphatic carbocycles. The van der Waals surface area contributed by atoms with E-state index >= 15 is 0 Å². The summed E-state index contributed by atoms with van der Waals surface area (Å²) in [4.78, 5) is 2.41. The first-order valence-corrected chi connectivity index (χ1v) is 6.33. The molecule has 1 saturated heterocycles. The molecule has 0 amide bonds. The SMILES string of the molecule is Cc1cc(F)ccc1N1CCNCC1C(C)C. The third kappa shape index (κ3) is 2.60. The number of benzene rings is 1. The number of piperazine rings is 1.